The van der Waals surface area contributed by atoms with Crippen molar-refractivity contribution in [3.05, 3.63) is 40.4 Å². The molecule has 0 radical (unpaired) electrons. The van der Waals surface area contributed by atoms with E-state index in [1.165, 1.54) is 18.4 Å². The zero-order valence-corrected chi connectivity index (χ0v) is 12.9. The fourth-order valence-corrected chi connectivity index (χ4v) is 1.89. The van der Waals surface area contributed by atoms with Crippen molar-refractivity contribution < 1.29 is 13.5 Å². The number of ether oxygens (including phenoxy) is 1. The first-order valence-corrected chi connectivity index (χ1v) is 7.12. The van der Waals surface area contributed by atoms with Crippen LogP contribution in [0.15, 0.2) is 33.4 Å². The van der Waals surface area contributed by atoms with Gasteiger partial charge in [0.2, 0.25) is 0 Å². The maximum Gasteiger partial charge on any atom is 0.399 e. The van der Waals surface area contributed by atoms with E-state index in [1.807, 2.05) is 0 Å². The fraction of sp³-hybridized carbons (Fsp3) is 0.357. The molecule has 0 amide bonds. The van der Waals surface area contributed by atoms with Gasteiger partial charge in [-0.05, 0) is 30.7 Å². The van der Waals surface area contributed by atoms with Gasteiger partial charge in [-0.1, -0.05) is 29.8 Å². The quantitative estimate of drug-likeness (QED) is 0.857. The predicted octanol–water partition coefficient (Wildman–Crippen LogP) is 4.11. The molecular formula is C14H16BrFN2O2. The smallest absolute Gasteiger partial charge is 0.399 e. The zero-order valence-electron chi connectivity index (χ0n) is 11.3. The summed E-state index contributed by atoms with van der Waals surface area (Å²) in [6.07, 6.45) is 1.53. The number of aromatic nitrogens is 1. The van der Waals surface area contributed by atoms with Gasteiger partial charge in [0.05, 0.1) is 5.69 Å². The number of halogens is 2. The molecule has 0 spiro atoms. The summed E-state index contributed by atoms with van der Waals surface area (Å²) in [7, 11) is 0. The Kier molecular flexibility index (Phi) is 5.14. The van der Waals surface area contributed by atoms with Crippen molar-refractivity contribution in [1.82, 2.24) is 10.3 Å². The zero-order chi connectivity index (χ0) is 14.5. The fourth-order valence-electron chi connectivity index (χ4n) is 1.56. The van der Waals surface area contributed by atoms with Gasteiger partial charge < -0.3 is 14.5 Å². The van der Waals surface area contributed by atoms with Gasteiger partial charge in [0, 0.05) is 11.0 Å². The summed E-state index contributed by atoms with van der Waals surface area (Å²) in [5.41, 5.74) is 0.721. The number of hydrogen-bond acceptors (Lipinski definition) is 4. The van der Waals surface area contributed by atoms with E-state index in [1.54, 1.807) is 6.07 Å². The Hall–Kier alpha value is -1.40. The lowest BCUT2D eigenvalue weighted by Crippen LogP contribution is -2.19. The molecule has 20 heavy (non-hydrogen) atoms. The molecule has 1 heterocycles. The summed E-state index contributed by atoms with van der Waals surface area (Å²) in [4.78, 5) is 4.14. The van der Waals surface area contributed by atoms with E-state index in [9.17, 15) is 4.39 Å². The molecule has 0 saturated heterocycles. The Morgan fingerprint density at radius 3 is 2.95 bits per heavy atom. The number of nitrogens with one attached hydrogen (secondary N) is 1. The topological polar surface area (TPSA) is 47.3 Å². The van der Waals surface area contributed by atoms with Crippen molar-refractivity contribution in [3.63, 3.8) is 0 Å². The molecule has 108 valence electrons. The standard InChI is InChI=1S/C14H16BrFN2O2/c1-9(2)6-17-7-11-8-19-14(18-11)20-13-4-3-10(15)5-12(13)16/h3-5,8-9,17H,6-7H2,1-2H3. The molecule has 6 heteroatoms. The minimum atomic E-state index is -0.475. The lowest BCUT2D eigenvalue weighted by atomic mass is 10.2. The van der Waals surface area contributed by atoms with E-state index in [0.717, 1.165) is 12.2 Å². The van der Waals surface area contributed by atoms with Gasteiger partial charge in [0.1, 0.15) is 6.26 Å². The first kappa shape index (κ1) is 15.0. The summed E-state index contributed by atoms with van der Waals surface area (Å²) < 4.78 is 24.7. The first-order chi connectivity index (χ1) is 9.54. The van der Waals surface area contributed by atoms with Crippen molar-refractivity contribution in [2.24, 2.45) is 5.92 Å². The number of nitrogens with zero attached hydrogens (tertiary/aromatic N) is 1. The van der Waals surface area contributed by atoms with E-state index >= 15 is 0 Å². The SMILES string of the molecule is CC(C)CNCc1coc(Oc2ccc(Br)cc2F)n1. The molecule has 1 aromatic carbocycles. The van der Waals surface area contributed by atoms with Gasteiger partial charge >= 0.3 is 6.08 Å². The highest BCUT2D eigenvalue weighted by molar-refractivity contribution is 9.10. The second kappa shape index (κ2) is 6.85. The Labute approximate surface area is 125 Å². The molecule has 0 aliphatic heterocycles. The Morgan fingerprint density at radius 2 is 2.25 bits per heavy atom. The van der Waals surface area contributed by atoms with Crippen LogP contribution >= 0.6 is 15.9 Å². The molecule has 1 aromatic heterocycles. The molecule has 0 saturated carbocycles. The molecule has 0 aliphatic carbocycles. The average molecular weight is 343 g/mol. The highest BCUT2D eigenvalue weighted by Gasteiger charge is 2.10. The predicted molar refractivity (Wildman–Crippen MR) is 77.2 cm³/mol. The molecule has 4 nitrogen and oxygen atoms in total. The highest BCUT2D eigenvalue weighted by Crippen LogP contribution is 2.26. The largest absolute Gasteiger partial charge is 0.417 e. The van der Waals surface area contributed by atoms with E-state index in [4.69, 9.17) is 9.15 Å². The van der Waals surface area contributed by atoms with Gasteiger partial charge in [0.25, 0.3) is 0 Å². The summed E-state index contributed by atoms with van der Waals surface area (Å²) in [5.74, 6) is 0.170. The Morgan fingerprint density at radius 1 is 1.45 bits per heavy atom. The summed E-state index contributed by atoms with van der Waals surface area (Å²) >= 11 is 3.18. The molecule has 0 unspecified atom stereocenters. The van der Waals surface area contributed by atoms with Crippen LogP contribution < -0.4 is 10.1 Å². The number of benzene rings is 1. The molecule has 1 N–H and O–H groups in total. The highest BCUT2D eigenvalue weighted by atomic mass is 79.9. The van der Waals surface area contributed by atoms with Gasteiger partial charge in [-0.15, -0.1) is 0 Å². The monoisotopic (exact) mass is 342 g/mol. The molecule has 0 fully saturated rings. The molecule has 0 bridgehead atoms. The lowest BCUT2D eigenvalue weighted by Gasteiger charge is -2.04. The van der Waals surface area contributed by atoms with E-state index in [-0.39, 0.29) is 11.8 Å². The van der Waals surface area contributed by atoms with E-state index in [0.29, 0.717) is 16.9 Å². The minimum Gasteiger partial charge on any atom is -0.417 e. The van der Waals surface area contributed by atoms with Crippen LogP contribution in [-0.4, -0.2) is 11.5 Å². The van der Waals surface area contributed by atoms with E-state index in [2.05, 4.69) is 40.1 Å². The van der Waals surface area contributed by atoms with Crippen LogP contribution in [0.25, 0.3) is 0 Å². The minimum absolute atomic E-state index is 0.0348. The number of hydrogen-bond donors (Lipinski definition) is 1. The van der Waals surface area contributed by atoms with Crippen molar-refractivity contribution >= 4 is 15.9 Å². The Bertz CT molecular complexity index is 572. The van der Waals surface area contributed by atoms with Crippen LogP contribution in [0.4, 0.5) is 4.39 Å². The summed E-state index contributed by atoms with van der Waals surface area (Å²) in [6, 6.07) is 4.52. The van der Waals surface area contributed by atoms with Crippen LogP contribution in [0, 0.1) is 11.7 Å². The molecule has 0 atom stereocenters. The third kappa shape index (κ3) is 4.31. The second-order valence-corrected chi connectivity index (χ2v) is 5.72. The lowest BCUT2D eigenvalue weighted by molar-refractivity contribution is 0.318. The maximum atomic E-state index is 13.6. The van der Waals surface area contributed by atoms with Gasteiger partial charge in [-0.3, -0.25) is 0 Å². The van der Waals surface area contributed by atoms with Crippen LogP contribution in [0.5, 0.6) is 11.8 Å². The Balaban J connectivity index is 1.95. The number of rotatable bonds is 6. The first-order valence-electron chi connectivity index (χ1n) is 6.32. The van der Waals surface area contributed by atoms with E-state index < -0.39 is 5.82 Å². The summed E-state index contributed by atoms with van der Waals surface area (Å²) in [5, 5.41) is 3.24. The average Bonchev–Trinajstić information content (AvgIpc) is 2.80. The molecule has 0 aliphatic rings. The van der Waals surface area contributed by atoms with Crippen LogP contribution in [-0.2, 0) is 6.54 Å². The summed E-state index contributed by atoms with van der Waals surface area (Å²) in [6.45, 7) is 5.74. The second-order valence-electron chi connectivity index (χ2n) is 4.81. The van der Waals surface area contributed by atoms with Gasteiger partial charge in [-0.25, -0.2) is 4.39 Å². The third-order valence-corrected chi connectivity index (χ3v) is 2.97. The van der Waals surface area contributed by atoms with Crippen LogP contribution in [0.3, 0.4) is 0 Å². The normalized spacial score (nSPS) is 11.1. The van der Waals surface area contributed by atoms with Crippen molar-refractivity contribution in [2.45, 2.75) is 20.4 Å². The van der Waals surface area contributed by atoms with Crippen molar-refractivity contribution in [3.8, 4) is 11.8 Å². The van der Waals surface area contributed by atoms with Crippen molar-refractivity contribution in [1.29, 1.82) is 0 Å². The van der Waals surface area contributed by atoms with Gasteiger partial charge in [0.15, 0.2) is 11.6 Å². The van der Waals surface area contributed by atoms with Crippen LogP contribution in [0.2, 0.25) is 0 Å². The van der Waals surface area contributed by atoms with Gasteiger partial charge in [-0.2, -0.15) is 4.98 Å². The maximum absolute atomic E-state index is 13.6. The molecule has 2 aromatic rings. The van der Waals surface area contributed by atoms with Crippen LogP contribution in [0.1, 0.15) is 19.5 Å². The number of oxazole rings is 1. The molecular weight excluding hydrogens is 327 g/mol. The third-order valence-electron chi connectivity index (χ3n) is 2.48. The molecule has 2 rings (SSSR count). The van der Waals surface area contributed by atoms with Crippen molar-refractivity contribution in [2.75, 3.05) is 6.54 Å².